The molecule has 14 heavy (non-hydrogen) atoms. The molecule has 0 aromatic heterocycles. The summed E-state index contributed by atoms with van der Waals surface area (Å²) in [6.07, 6.45) is 0. The maximum absolute atomic E-state index is 5.91. The zero-order chi connectivity index (χ0) is 11.4. The molecule has 0 bridgehead atoms. The highest BCUT2D eigenvalue weighted by atomic mass is 28.4. The van der Waals surface area contributed by atoms with Gasteiger partial charge in [0.05, 0.1) is 0 Å². The first-order valence-electron chi connectivity index (χ1n) is 4.71. The van der Waals surface area contributed by atoms with Crippen molar-refractivity contribution in [2.24, 2.45) is 0 Å². The Labute approximate surface area is 91.7 Å². The Morgan fingerprint density at radius 2 is 1.21 bits per heavy atom. The van der Waals surface area contributed by atoms with Gasteiger partial charge in [-0.2, -0.15) is 0 Å². The summed E-state index contributed by atoms with van der Waals surface area (Å²) in [5.41, 5.74) is 3.87. The van der Waals surface area contributed by atoms with Gasteiger partial charge in [-0.15, -0.1) is 13.2 Å². The summed E-state index contributed by atoms with van der Waals surface area (Å²) in [5, 5.41) is 0. The van der Waals surface area contributed by atoms with Crippen LogP contribution in [0.4, 0.5) is 0 Å². The van der Waals surface area contributed by atoms with Crippen LogP contribution in [-0.4, -0.2) is 25.9 Å². The second-order valence-electron chi connectivity index (χ2n) is 4.31. The van der Waals surface area contributed by atoms with E-state index >= 15 is 0 Å². The second kappa shape index (κ2) is 5.22. The topological polar surface area (TPSA) is 18.5 Å². The van der Waals surface area contributed by atoms with Crippen LogP contribution in [0.1, 0.15) is 0 Å². The van der Waals surface area contributed by atoms with Gasteiger partial charge in [0.2, 0.25) is 0 Å². The van der Waals surface area contributed by atoms with Crippen LogP contribution in [0, 0.1) is 0 Å². The lowest BCUT2D eigenvalue weighted by atomic mass is 11.3. The lowest BCUT2D eigenvalue weighted by molar-refractivity contribution is 0.433. The summed E-state index contributed by atoms with van der Waals surface area (Å²) in [6.45, 7) is 18.1. The first kappa shape index (κ1) is 14.1. The van der Waals surface area contributed by atoms with Gasteiger partial charge in [0.15, 0.2) is 16.6 Å². The Morgan fingerprint density at radius 3 is 1.43 bits per heavy atom. The molecule has 0 unspecified atom stereocenters. The average molecular weight is 246 g/mol. The van der Waals surface area contributed by atoms with Gasteiger partial charge in [-0.05, 0) is 32.7 Å². The van der Waals surface area contributed by atoms with E-state index in [4.69, 9.17) is 8.23 Å². The quantitative estimate of drug-likeness (QED) is 0.670. The molecule has 5 heteroatoms. The van der Waals surface area contributed by atoms with Crippen LogP contribution < -0.4 is 0 Å². The van der Waals surface area contributed by atoms with Crippen molar-refractivity contribution in [3.8, 4) is 0 Å². The van der Waals surface area contributed by atoms with Crippen molar-refractivity contribution < 1.29 is 8.23 Å². The van der Waals surface area contributed by atoms with E-state index < -0.39 is 25.9 Å². The standard InChI is InChI=1S/C9H21O2Si3/c1-8-13(4,5)10-12(3)11-14(6,7)9-2/h8-9H,1-2H2,3-7H3. The first-order chi connectivity index (χ1) is 6.22. The fraction of sp³-hybridized carbons (Fsp3) is 0.556. The van der Waals surface area contributed by atoms with Gasteiger partial charge >= 0.3 is 9.28 Å². The second-order valence-corrected chi connectivity index (χ2v) is 14.2. The van der Waals surface area contributed by atoms with Crippen molar-refractivity contribution in [3.05, 3.63) is 24.6 Å². The van der Waals surface area contributed by atoms with Crippen LogP contribution in [0.25, 0.3) is 0 Å². The third-order valence-corrected chi connectivity index (χ3v) is 10.3. The van der Waals surface area contributed by atoms with Crippen LogP contribution in [0.2, 0.25) is 32.7 Å². The van der Waals surface area contributed by atoms with E-state index in [0.29, 0.717) is 0 Å². The van der Waals surface area contributed by atoms with E-state index in [1.54, 1.807) is 0 Å². The van der Waals surface area contributed by atoms with Crippen molar-refractivity contribution >= 4 is 25.9 Å². The Bertz CT molecular complexity index is 192. The van der Waals surface area contributed by atoms with Crippen molar-refractivity contribution in [2.45, 2.75) is 32.7 Å². The molecule has 0 N–H and O–H groups in total. The van der Waals surface area contributed by atoms with Crippen molar-refractivity contribution in [3.63, 3.8) is 0 Å². The molecule has 1 radical (unpaired) electrons. The molecule has 0 heterocycles. The van der Waals surface area contributed by atoms with E-state index in [1.807, 2.05) is 17.9 Å². The molecule has 0 aromatic carbocycles. The summed E-state index contributed by atoms with van der Waals surface area (Å²) in [7, 11) is -4.51. The molecular weight excluding hydrogens is 224 g/mol. The monoisotopic (exact) mass is 245 g/mol. The molecular formula is C9H21O2Si3. The van der Waals surface area contributed by atoms with Crippen molar-refractivity contribution in [1.82, 2.24) is 0 Å². The van der Waals surface area contributed by atoms with Gasteiger partial charge in [0.25, 0.3) is 0 Å². The normalized spacial score (nSPS) is 13.0. The predicted octanol–water partition coefficient (Wildman–Crippen LogP) is 3.00. The maximum atomic E-state index is 5.91. The van der Waals surface area contributed by atoms with Crippen LogP contribution in [0.15, 0.2) is 24.6 Å². The van der Waals surface area contributed by atoms with E-state index in [9.17, 15) is 0 Å². The number of hydrogen-bond donors (Lipinski definition) is 0. The Balaban J connectivity index is 4.17. The van der Waals surface area contributed by atoms with E-state index in [0.717, 1.165) is 0 Å². The molecule has 0 aliphatic rings. The highest BCUT2D eigenvalue weighted by molar-refractivity contribution is 6.85. The molecule has 0 saturated carbocycles. The molecule has 0 fully saturated rings. The fourth-order valence-corrected chi connectivity index (χ4v) is 7.98. The average Bonchev–Trinajstić information content (AvgIpc) is 2.02. The van der Waals surface area contributed by atoms with Crippen molar-refractivity contribution in [2.75, 3.05) is 0 Å². The molecule has 0 saturated heterocycles. The summed E-state index contributed by atoms with van der Waals surface area (Å²) in [4.78, 5) is 0. The van der Waals surface area contributed by atoms with Crippen molar-refractivity contribution in [1.29, 1.82) is 0 Å². The largest absolute Gasteiger partial charge is 0.432 e. The summed E-state index contributed by atoms with van der Waals surface area (Å²) >= 11 is 0. The SMILES string of the molecule is C=C[Si](C)(C)O[Si](C)O[Si](C)(C)C=C. The minimum absolute atomic E-state index is 1.15. The lowest BCUT2D eigenvalue weighted by Gasteiger charge is -2.27. The molecule has 0 aromatic rings. The smallest absolute Gasteiger partial charge is 0.359 e. The highest BCUT2D eigenvalue weighted by Crippen LogP contribution is 2.12. The third kappa shape index (κ3) is 5.71. The van der Waals surface area contributed by atoms with Crippen LogP contribution >= 0.6 is 0 Å². The van der Waals surface area contributed by atoms with Gasteiger partial charge in [-0.3, -0.25) is 0 Å². The number of hydrogen-bond acceptors (Lipinski definition) is 2. The zero-order valence-corrected chi connectivity index (χ0v) is 12.9. The summed E-state index contributed by atoms with van der Waals surface area (Å²) in [5.74, 6) is 0. The van der Waals surface area contributed by atoms with Gasteiger partial charge in [0.1, 0.15) is 0 Å². The molecule has 0 spiro atoms. The van der Waals surface area contributed by atoms with Crippen LogP contribution in [0.3, 0.4) is 0 Å². The summed E-state index contributed by atoms with van der Waals surface area (Å²) in [6, 6.07) is 0. The predicted molar refractivity (Wildman–Crippen MR) is 69.1 cm³/mol. The van der Waals surface area contributed by atoms with E-state index in [1.165, 1.54) is 0 Å². The maximum Gasteiger partial charge on any atom is 0.359 e. The highest BCUT2D eigenvalue weighted by Gasteiger charge is 2.28. The van der Waals surface area contributed by atoms with Crippen LogP contribution in [-0.2, 0) is 8.23 Å². The molecule has 2 nitrogen and oxygen atoms in total. The molecule has 0 rings (SSSR count). The van der Waals surface area contributed by atoms with E-state index in [2.05, 4.69) is 39.3 Å². The fourth-order valence-electron chi connectivity index (χ4n) is 0.845. The third-order valence-electron chi connectivity index (χ3n) is 1.80. The van der Waals surface area contributed by atoms with E-state index in [-0.39, 0.29) is 0 Å². The van der Waals surface area contributed by atoms with Gasteiger partial charge in [-0.25, -0.2) is 0 Å². The lowest BCUT2D eigenvalue weighted by Crippen LogP contribution is -2.42. The minimum Gasteiger partial charge on any atom is -0.432 e. The minimum atomic E-state index is -1.68. The first-order valence-corrected chi connectivity index (χ1v) is 12.5. The van der Waals surface area contributed by atoms with Crippen LogP contribution in [0.5, 0.6) is 0 Å². The zero-order valence-electron chi connectivity index (χ0n) is 9.89. The molecule has 0 aliphatic carbocycles. The summed E-state index contributed by atoms with van der Waals surface area (Å²) < 4.78 is 11.8. The number of rotatable bonds is 6. The van der Waals surface area contributed by atoms with Gasteiger partial charge in [-0.1, -0.05) is 11.4 Å². The molecule has 81 valence electrons. The van der Waals surface area contributed by atoms with Gasteiger partial charge < -0.3 is 8.23 Å². The Kier molecular flexibility index (Phi) is 5.24. The molecule has 0 amide bonds. The Hall–Kier alpha value is 0.0506. The molecule has 0 aliphatic heterocycles. The molecule has 0 atom stereocenters. The Morgan fingerprint density at radius 1 is 0.929 bits per heavy atom. The van der Waals surface area contributed by atoms with Gasteiger partial charge in [0, 0.05) is 0 Å².